The van der Waals surface area contributed by atoms with Gasteiger partial charge in [0.1, 0.15) is 11.9 Å². The lowest BCUT2D eigenvalue weighted by Gasteiger charge is -2.09. The quantitative estimate of drug-likeness (QED) is 0.624. The minimum Gasteiger partial charge on any atom is -0.326 e. The monoisotopic (exact) mass is 397 g/mol. The van der Waals surface area contributed by atoms with E-state index in [1.807, 2.05) is 30.3 Å². The number of halogens is 1. The molecule has 142 valence electrons. The van der Waals surface area contributed by atoms with Gasteiger partial charge in [0.05, 0.1) is 6.42 Å². The topological polar surface area (TPSA) is 88.9 Å². The van der Waals surface area contributed by atoms with Crippen LogP contribution < -0.4 is 10.6 Å². The van der Waals surface area contributed by atoms with Crippen molar-refractivity contribution in [3.8, 4) is 0 Å². The minimum absolute atomic E-state index is 0.0949. The molecule has 7 nitrogen and oxygen atoms in total. The number of carbonyl (C=O) groups is 2. The van der Waals surface area contributed by atoms with E-state index in [0.29, 0.717) is 22.5 Å². The summed E-state index contributed by atoms with van der Waals surface area (Å²) >= 11 is 1.45. The second kappa shape index (κ2) is 7.81. The molecule has 2 heterocycles. The number of amides is 2. The Balaban J connectivity index is 1.40. The van der Waals surface area contributed by atoms with Crippen molar-refractivity contribution in [3.05, 3.63) is 66.0 Å². The summed E-state index contributed by atoms with van der Waals surface area (Å²) in [5.74, 6) is -0.0490. The average molecular weight is 397 g/mol. The molecule has 2 aromatic carbocycles. The van der Waals surface area contributed by atoms with Gasteiger partial charge in [-0.25, -0.2) is 9.07 Å². The Hall–Kier alpha value is -3.20. The Kier molecular flexibility index (Phi) is 5.07. The maximum absolute atomic E-state index is 13.0. The molecule has 0 aliphatic carbocycles. The maximum Gasteiger partial charge on any atom is 0.252 e. The number of fused-ring (bicyclic) bond motifs is 1. The Morgan fingerprint density at radius 1 is 1.18 bits per heavy atom. The van der Waals surface area contributed by atoms with Crippen molar-refractivity contribution in [2.45, 2.75) is 23.4 Å². The molecule has 9 heteroatoms. The van der Waals surface area contributed by atoms with Crippen molar-refractivity contribution in [1.82, 2.24) is 14.8 Å². The molecule has 1 aliphatic heterocycles. The summed E-state index contributed by atoms with van der Waals surface area (Å²) in [6.45, 7) is 0. The minimum atomic E-state index is -0.769. The first-order valence-corrected chi connectivity index (χ1v) is 9.56. The maximum atomic E-state index is 13.0. The van der Waals surface area contributed by atoms with Crippen molar-refractivity contribution < 1.29 is 14.0 Å². The zero-order valence-electron chi connectivity index (χ0n) is 14.6. The number of aromatic nitrogens is 3. The molecule has 2 amide bonds. The SMILES string of the molecule is O=C(C[C@@H]1C(=O)Nc2nc(SCc3ccccc3)nn21)Nc1ccc(F)cc1. The first-order valence-electron chi connectivity index (χ1n) is 8.58. The van der Waals surface area contributed by atoms with E-state index in [0.717, 1.165) is 5.56 Å². The van der Waals surface area contributed by atoms with Crippen LogP contribution >= 0.6 is 11.8 Å². The molecule has 0 radical (unpaired) electrons. The second-order valence-corrected chi connectivity index (χ2v) is 7.14. The predicted molar refractivity (Wildman–Crippen MR) is 103 cm³/mol. The lowest BCUT2D eigenvalue weighted by molar-refractivity contribution is -0.123. The summed E-state index contributed by atoms with van der Waals surface area (Å²) in [5.41, 5.74) is 1.60. The van der Waals surface area contributed by atoms with E-state index in [1.165, 1.54) is 40.7 Å². The van der Waals surface area contributed by atoms with Gasteiger partial charge < -0.3 is 5.32 Å². The van der Waals surface area contributed by atoms with Crippen LogP contribution in [-0.2, 0) is 15.3 Å². The van der Waals surface area contributed by atoms with E-state index in [2.05, 4.69) is 20.7 Å². The molecule has 2 N–H and O–H groups in total. The molecule has 0 unspecified atom stereocenters. The number of benzene rings is 2. The largest absolute Gasteiger partial charge is 0.326 e. The molecule has 1 atom stereocenters. The Labute approximate surface area is 164 Å². The summed E-state index contributed by atoms with van der Waals surface area (Å²) < 4.78 is 14.4. The third-order valence-corrected chi connectivity index (χ3v) is 5.07. The zero-order chi connectivity index (χ0) is 19.5. The number of hydrogen-bond acceptors (Lipinski definition) is 5. The van der Waals surface area contributed by atoms with Crippen molar-refractivity contribution in [3.63, 3.8) is 0 Å². The van der Waals surface area contributed by atoms with Gasteiger partial charge >= 0.3 is 0 Å². The molecule has 0 fully saturated rings. The van der Waals surface area contributed by atoms with Gasteiger partial charge in [0.25, 0.3) is 5.91 Å². The van der Waals surface area contributed by atoms with E-state index in [9.17, 15) is 14.0 Å². The highest BCUT2D eigenvalue weighted by Crippen LogP contribution is 2.29. The van der Waals surface area contributed by atoms with E-state index < -0.39 is 6.04 Å². The third kappa shape index (κ3) is 4.04. The fraction of sp³-hybridized carbons (Fsp3) is 0.158. The van der Waals surface area contributed by atoms with E-state index in [-0.39, 0.29) is 24.1 Å². The first kappa shape index (κ1) is 18.2. The van der Waals surface area contributed by atoms with Crippen LogP contribution in [0.1, 0.15) is 18.0 Å². The lowest BCUT2D eigenvalue weighted by Crippen LogP contribution is -2.23. The van der Waals surface area contributed by atoms with E-state index in [1.54, 1.807) is 0 Å². The van der Waals surface area contributed by atoms with E-state index in [4.69, 9.17) is 0 Å². The first-order chi connectivity index (χ1) is 13.6. The summed E-state index contributed by atoms with van der Waals surface area (Å²) in [5, 5.41) is 10.2. The summed E-state index contributed by atoms with van der Waals surface area (Å²) in [4.78, 5) is 28.8. The molecule has 4 rings (SSSR count). The predicted octanol–water partition coefficient (Wildman–Crippen LogP) is 3.23. The molecule has 0 spiro atoms. The highest BCUT2D eigenvalue weighted by Gasteiger charge is 2.35. The molecule has 0 bridgehead atoms. The second-order valence-electron chi connectivity index (χ2n) is 6.20. The van der Waals surface area contributed by atoms with Gasteiger partial charge in [-0.05, 0) is 29.8 Å². The van der Waals surface area contributed by atoms with Crippen LogP contribution in [0.15, 0.2) is 59.8 Å². The van der Waals surface area contributed by atoms with Gasteiger partial charge in [0.15, 0.2) is 0 Å². The number of rotatable bonds is 6. The molecule has 0 saturated carbocycles. The summed E-state index contributed by atoms with van der Waals surface area (Å²) in [7, 11) is 0. The number of nitrogens with one attached hydrogen (secondary N) is 2. The number of anilines is 2. The highest BCUT2D eigenvalue weighted by atomic mass is 32.2. The van der Waals surface area contributed by atoms with Gasteiger partial charge in [-0.15, -0.1) is 5.10 Å². The van der Waals surface area contributed by atoms with Crippen LogP contribution in [0.5, 0.6) is 0 Å². The zero-order valence-corrected chi connectivity index (χ0v) is 15.4. The van der Waals surface area contributed by atoms with Crippen LogP contribution in [0, 0.1) is 5.82 Å². The Morgan fingerprint density at radius 3 is 2.68 bits per heavy atom. The number of hydrogen-bond donors (Lipinski definition) is 2. The normalized spacial score (nSPS) is 15.2. The molecule has 0 saturated heterocycles. The van der Waals surface area contributed by atoms with Crippen molar-refractivity contribution >= 4 is 35.2 Å². The van der Waals surface area contributed by atoms with Crippen LogP contribution in [0.4, 0.5) is 16.0 Å². The van der Waals surface area contributed by atoms with E-state index >= 15 is 0 Å². The van der Waals surface area contributed by atoms with Crippen LogP contribution in [0.3, 0.4) is 0 Å². The van der Waals surface area contributed by atoms with Gasteiger partial charge in [0.2, 0.25) is 17.0 Å². The van der Waals surface area contributed by atoms with Gasteiger partial charge in [0, 0.05) is 11.4 Å². The fourth-order valence-electron chi connectivity index (χ4n) is 2.79. The number of nitrogens with zero attached hydrogens (tertiary/aromatic N) is 3. The van der Waals surface area contributed by atoms with Gasteiger partial charge in [-0.3, -0.25) is 14.9 Å². The van der Waals surface area contributed by atoms with Crippen molar-refractivity contribution in [2.24, 2.45) is 0 Å². The average Bonchev–Trinajstić information content (AvgIpc) is 3.21. The Morgan fingerprint density at radius 2 is 1.93 bits per heavy atom. The molecular weight excluding hydrogens is 381 g/mol. The number of thioether (sulfide) groups is 1. The summed E-state index contributed by atoms with van der Waals surface area (Å²) in [6.07, 6.45) is -0.0949. The van der Waals surface area contributed by atoms with Gasteiger partial charge in [-0.2, -0.15) is 4.98 Å². The molecular formula is C19H16FN5O2S. The molecule has 1 aromatic heterocycles. The lowest BCUT2D eigenvalue weighted by atomic mass is 10.2. The summed E-state index contributed by atoms with van der Waals surface area (Å²) in [6, 6.07) is 14.6. The van der Waals surface area contributed by atoms with Crippen LogP contribution in [0.25, 0.3) is 0 Å². The number of carbonyl (C=O) groups excluding carboxylic acids is 2. The van der Waals surface area contributed by atoms with Crippen molar-refractivity contribution in [2.75, 3.05) is 10.6 Å². The van der Waals surface area contributed by atoms with Gasteiger partial charge in [-0.1, -0.05) is 42.1 Å². The Bertz CT molecular complexity index is 1010. The highest BCUT2D eigenvalue weighted by molar-refractivity contribution is 7.98. The molecule has 1 aliphatic rings. The van der Waals surface area contributed by atoms with Crippen LogP contribution in [-0.4, -0.2) is 26.6 Å². The van der Waals surface area contributed by atoms with Crippen molar-refractivity contribution in [1.29, 1.82) is 0 Å². The standard InChI is InChI=1S/C19H16FN5O2S/c20-13-6-8-14(9-7-13)21-16(26)10-15-17(27)22-18-23-19(24-25(15)18)28-11-12-4-2-1-3-5-12/h1-9,15H,10-11H2,(H,21,26)(H,22,23,24,27)/t15-/m1/s1. The smallest absolute Gasteiger partial charge is 0.252 e. The molecule has 3 aromatic rings. The fourth-order valence-corrected chi connectivity index (χ4v) is 3.58. The van der Waals surface area contributed by atoms with Crippen LogP contribution in [0.2, 0.25) is 0 Å². The molecule has 28 heavy (non-hydrogen) atoms. The third-order valence-electron chi connectivity index (χ3n) is 4.16.